The Balaban J connectivity index is 1.98. The summed E-state index contributed by atoms with van der Waals surface area (Å²) in [7, 11) is 1.26. The smallest absolute Gasteiger partial charge is 0.313 e. The van der Waals surface area contributed by atoms with E-state index in [1.807, 2.05) is 0 Å². The maximum atomic E-state index is 14.5. The number of benzene rings is 2. The summed E-state index contributed by atoms with van der Waals surface area (Å²) in [5, 5.41) is 14.1. The number of halogens is 2. The van der Waals surface area contributed by atoms with Gasteiger partial charge < -0.3 is 15.0 Å². The van der Waals surface area contributed by atoms with Crippen LogP contribution in [0.5, 0.6) is 5.75 Å². The van der Waals surface area contributed by atoms with Crippen molar-refractivity contribution in [2.45, 2.75) is 25.9 Å². The van der Waals surface area contributed by atoms with E-state index in [0.29, 0.717) is 18.5 Å². The first kappa shape index (κ1) is 19.5. The summed E-state index contributed by atoms with van der Waals surface area (Å²) in [5.41, 5.74) is 0.914. The molecule has 1 aliphatic rings. The molecule has 1 heterocycles. The molecule has 1 unspecified atom stereocenters. The second-order valence-electron chi connectivity index (χ2n) is 6.53. The van der Waals surface area contributed by atoms with Gasteiger partial charge in [-0.3, -0.25) is 14.9 Å². The molecule has 7 nitrogen and oxygen atoms in total. The Hall–Kier alpha value is -3.23. The first-order valence-corrected chi connectivity index (χ1v) is 8.62. The van der Waals surface area contributed by atoms with Crippen molar-refractivity contribution in [2.24, 2.45) is 0 Å². The highest BCUT2D eigenvalue weighted by molar-refractivity contribution is 5.73. The maximum Gasteiger partial charge on any atom is 0.313 e. The van der Waals surface area contributed by atoms with Gasteiger partial charge in [0, 0.05) is 26.1 Å². The molecule has 1 N–H and O–H groups in total. The molecule has 3 rings (SSSR count). The van der Waals surface area contributed by atoms with Crippen LogP contribution in [-0.2, 0) is 11.3 Å². The molecule has 0 saturated carbocycles. The quantitative estimate of drug-likeness (QED) is 0.633. The zero-order valence-corrected chi connectivity index (χ0v) is 15.4. The lowest BCUT2D eigenvalue weighted by molar-refractivity contribution is -0.385. The van der Waals surface area contributed by atoms with Gasteiger partial charge in [-0.05, 0) is 29.7 Å². The SMILES string of the molecule is COc1cc(NC2CCN(C(C)=O)Cc3cc(F)ccc32)c(F)cc1[N+](=O)[O-]. The van der Waals surface area contributed by atoms with Crippen LogP contribution >= 0.6 is 0 Å². The summed E-state index contributed by atoms with van der Waals surface area (Å²) < 4.78 is 33.2. The van der Waals surface area contributed by atoms with Crippen molar-refractivity contribution < 1.29 is 23.2 Å². The Kier molecular flexibility index (Phi) is 5.43. The van der Waals surface area contributed by atoms with E-state index in [4.69, 9.17) is 4.74 Å². The molecule has 0 aliphatic carbocycles. The lowest BCUT2D eigenvalue weighted by atomic mass is 9.98. The summed E-state index contributed by atoms with van der Waals surface area (Å²) in [6.07, 6.45) is 0.455. The predicted molar refractivity (Wildman–Crippen MR) is 98.1 cm³/mol. The van der Waals surface area contributed by atoms with Crippen molar-refractivity contribution in [2.75, 3.05) is 19.0 Å². The average Bonchev–Trinajstić information content (AvgIpc) is 2.82. The monoisotopic (exact) mass is 391 g/mol. The maximum absolute atomic E-state index is 14.5. The predicted octanol–water partition coefficient (Wildman–Crippen LogP) is 3.79. The number of rotatable bonds is 4. The Morgan fingerprint density at radius 1 is 1.32 bits per heavy atom. The van der Waals surface area contributed by atoms with E-state index in [0.717, 1.165) is 11.6 Å². The topological polar surface area (TPSA) is 84.7 Å². The standard InChI is InChI=1S/C19H19F2N3O4/c1-11(25)23-6-5-16(14-4-3-13(20)7-12(14)10-23)22-17-9-19(28-2)18(24(26)27)8-15(17)21/h3-4,7-9,16,22H,5-6,10H2,1-2H3. The third kappa shape index (κ3) is 3.88. The number of hydrogen-bond acceptors (Lipinski definition) is 5. The van der Waals surface area contributed by atoms with Crippen molar-refractivity contribution in [3.63, 3.8) is 0 Å². The molecule has 0 spiro atoms. The van der Waals surface area contributed by atoms with Gasteiger partial charge in [0.25, 0.3) is 0 Å². The van der Waals surface area contributed by atoms with E-state index in [2.05, 4.69) is 5.32 Å². The number of nitrogens with one attached hydrogen (secondary N) is 1. The third-order valence-corrected chi connectivity index (χ3v) is 4.77. The van der Waals surface area contributed by atoms with Crippen LogP contribution in [0.1, 0.15) is 30.5 Å². The van der Waals surface area contributed by atoms with Crippen LogP contribution in [0.3, 0.4) is 0 Å². The number of hydrogen-bond donors (Lipinski definition) is 1. The summed E-state index contributed by atoms with van der Waals surface area (Å²) in [6, 6.07) is 5.88. The van der Waals surface area contributed by atoms with Crippen LogP contribution in [-0.4, -0.2) is 29.4 Å². The molecule has 1 aliphatic heterocycles. The van der Waals surface area contributed by atoms with E-state index in [1.54, 1.807) is 11.0 Å². The molecular formula is C19H19F2N3O4. The van der Waals surface area contributed by atoms with Gasteiger partial charge in [-0.2, -0.15) is 0 Å². The van der Waals surface area contributed by atoms with E-state index in [-0.39, 0.29) is 23.9 Å². The van der Waals surface area contributed by atoms with Crippen LogP contribution in [0.15, 0.2) is 30.3 Å². The highest BCUT2D eigenvalue weighted by Crippen LogP contribution is 2.36. The number of carbonyl (C=O) groups excluding carboxylic acids is 1. The van der Waals surface area contributed by atoms with E-state index < -0.39 is 28.3 Å². The highest BCUT2D eigenvalue weighted by atomic mass is 19.1. The van der Waals surface area contributed by atoms with Crippen LogP contribution in [0, 0.1) is 21.7 Å². The van der Waals surface area contributed by atoms with Crippen molar-refractivity contribution in [3.8, 4) is 5.75 Å². The van der Waals surface area contributed by atoms with E-state index >= 15 is 0 Å². The number of nitro benzene ring substituents is 1. The zero-order valence-electron chi connectivity index (χ0n) is 15.4. The van der Waals surface area contributed by atoms with Crippen molar-refractivity contribution in [1.29, 1.82) is 0 Å². The highest BCUT2D eigenvalue weighted by Gasteiger charge is 2.26. The number of anilines is 1. The number of amides is 1. The number of nitrogens with zero attached hydrogens (tertiary/aromatic N) is 2. The molecule has 28 heavy (non-hydrogen) atoms. The zero-order chi connectivity index (χ0) is 20.4. The molecule has 0 bridgehead atoms. The molecule has 1 amide bonds. The lowest BCUT2D eigenvalue weighted by Crippen LogP contribution is -2.28. The van der Waals surface area contributed by atoms with E-state index in [9.17, 15) is 23.7 Å². The number of methoxy groups -OCH3 is 1. The fraction of sp³-hybridized carbons (Fsp3) is 0.316. The number of nitro groups is 1. The molecule has 9 heteroatoms. The van der Waals surface area contributed by atoms with Crippen LogP contribution in [0.2, 0.25) is 0 Å². The van der Waals surface area contributed by atoms with Crippen molar-refractivity contribution in [1.82, 2.24) is 4.90 Å². The Bertz CT molecular complexity index is 936. The second kappa shape index (κ2) is 7.79. The van der Waals surface area contributed by atoms with Crippen molar-refractivity contribution in [3.05, 3.63) is 63.2 Å². The van der Waals surface area contributed by atoms with Crippen LogP contribution < -0.4 is 10.1 Å². The van der Waals surface area contributed by atoms with Gasteiger partial charge in [-0.15, -0.1) is 0 Å². The van der Waals surface area contributed by atoms with Crippen LogP contribution in [0.25, 0.3) is 0 Å². The van der Waals surface area contributed by atoms with Crippen LogP contribution in [0.4, 0.5) is 20.2 Å². The van der Waals surface area contributed by atoms with Crippen molar-refractivity contribution >= 4 is 17.3 Å². The fourth-order valence-corrected chi connectivity index (χ4v) is 3.34. The molecule has 0 saturated heterocycles. The van der Waals surface area contributed by atoms with Gasteiger partial charge in [-0.25, -0.2) is 8.78 Å². The number of carbonyl (C=O) groups is 1. The first-order valence-electron chi connectivity index (χ1n) is 8.62. The minimum atomic E-state index is -0.802. The van der Waals surface area contributed by atoms with Gasteiger partial charge in [0.2, 0.25) is 5.91 Å². The minimum absolute atomic E-state index is 0.0269. The second-order valence-corrected chi connectivity index (χ2v) is 6.53. The van der Waals surface area contributed by atoms with Gasteiger partial charge in [0.05, 0.1) is 29.8 Å². The summed E-state index contributed by atoms with van der Waals surface area (Å²) in [6.45, 7) is 2.09. The van der Waals surface area contributed by atoms with Gasteiger partial charge in [0.15, 0.2) is 11.6 Å². The molecule has 1 atom stereocenters. The lowest BCUT2D eigenvalue weighted by Gasteiger charge is -2.21. The molecular weight excluding hydrogens is 372 g/mol. The number of ether oxygens (including phenoxy) is 1. The fourth-order valence-electron chi connectivity index (χ4n) is 3.34. The molecule has 0 fully saturated rings. The number of fused-ring (bicyclic) bond motifs is 1. The third-order valence-electron chi connectivity index (χ3n) is 4.77. The average molecular weight is 391 g/mol. The van der Waals surface area contributed by atoms with E-state index in [1.165, 1.54) is 32.2 Å². The Morgan fingerprint density at radius 2 is 2.07 bits per heavy atom. The molecule has 2 aromatic rings. The summed E-state index contributed by atoms with van der Waals surface area (Å²) >= 11 is 0. The van der Waals surface area contributed by atoms with Gasteiger partial charge in [-0.1, -0.05) is 6.07 Å². The minimum Gasteiger partial charge on any atom is -0.490 e. The largest absolute Gasteiger partial charge is 0.490 e. The molecule has 2 aromatic carbocycles. The molecule has 0 aromatic heterocycles. The Labute approximate surface area is 160 Å². The summed E-state index contributed by atoms with van der Waals surface area (Å²) in [4.78, 5) is 23.7. The van der Waals surface area contributed by atoms with Gasteiger partial charge >= 0.3 is 5.69 Å². The normalized spacial score (nSPS) is 16.1. The first-order chi connectivity index (χ1) is 13.3. The Morgan fingerprint density at radius 3 is 2.71 bits per heavy atom. The summed E-state index contributed by atoms with van der Waals surface area (Å²) in [5.74, 6) is -1.44. The van der Waals surface area contributed by atoms with Gasteiger partial charge in [0.1, 0.15) is 5.82 Å². The molecule has 148 valence electrons. The molecule has 0 radical (unpaired) electrons.